The molecule has 0 aliphatic rings. The second kappa shape index (κ2) is 7.48. The molecule has 0 saturated heterocycles. The van der Waals surface area contributed by atoms with Gasteiger partial charge < -0.3 is 15.5 Å². The van der Waals surface area contributed by atoms with E-state index in [0.717, 1.165) is 22.0 Å². The SMILES string of the molecule is Cc1ccc(-c2nnn(C)n2)cc1NC(=O)NCc1csc(N(C)C)n1. The lowest BCUT2D eigenvalue weighted by atomic mass is 10.1. The van der Waals surface area contributed by atoms with Gasteiger partial charge in [-0.3, -0.25) is 0 Å². The molecule has 0 radical (unpaired) electrons. The van der Waals surface area contributed by atoms with Crippen LogP contribution < -0.4 is 15.5 Å². The molecule has 2 aromatic heterocycles. The van der Waals surface area contributed by atoms with Crippen LogP contribution in [0.1, 0.15) is 11.3 Å². The second-order valence-corrected chi connectivity index (χ2v) is 6.79. The summed E-state index contributed by atoms with van der Waals surface area (Å²) in [5, 5.41) is 20.5. The number of anilines is 2. The van der Waals surface area contributed by atoms with Gasteiger partial charge in [-0.05, 0) is 23.8 Å². The molecule has 2 amide bonds. The molecule has 0 aliphatic heterocycles. The van der Waals surface area contributed by atoms with Gasteiger partial charge in [0.05, 0.1) is 19.3 Å². The summed E-state index contributed by atoms with van der Waals surface area (Å²) in [7, 11) is 5.58. The number of rotatable bonds is 5. The summed E-state index contributed by atoms with van der Waals surface area (Å²) in [5.41, 5.74) is 3.24. The van der Waals surface area contributed by atoms with Crippen LogP contribution in [0, 0.1) is 6.92 Å². The minimum atomic E-state index is -0.295. The molecule has 26 heavy (non-hydrogen) atoms. The van der Waals surface area contributed by atoms with Crippen molar-refractivity contribution in [2.75, 3.05) is 24.3 Å². The van der Waals surface area contributed by atoms with E-state index >= 15 is 0 Å². The molecule has 10 heteroatoms. The molecule has 3 rings (SSSR count). The fourth-order valence-corrected chi connectivity index (χ4v) is 2.97. The number of carbonyl (C=O) groups is 1. The standard InChI is InChI=1S/C16H20N8OS/c1-10-5-6-11(14-20-22-24(4)21-14)7-13(10)19-15(25)17-8-12-9-26-16(18-12)23(2)3/h5-7,9H,8H2,1-4H3,(H2,17,19,25). The summed E-state index contributed by atoms with van der Waals surface area (Å²) in [6.07, 6.45) is 0. The molecular weight excluding hydrogens is 352 g/mol. The molecule has 0 unspecified atom stereocenters. The highest BCUT2D eigenvalue weighted by molar-refractivity contribution is 7.13. The first kappa shape index (κ1) is 17.8. The van der Waals surface area contributed by atoms with Gasteiger partial charge in [0.15, 0.2) is 5.13 Å². The zero-order chi connectivity index (χ0) is 18.7. The van der Waals surface area contributed by atoms with Gasteiger partial charge in [0.2, 0.25) is 5.82 Å². The predicted octanol–water partition coefficient (Wildman–Crippen LogP) is 2.03. The van der Waals surface area contributed by atoms with Crippen molar-refractivity contribution in [3.05, 3.63) is 34.8 Å². The van der Waals surface area contributed by atoms with E-state index in [0.29, 0.717) is 18.1 Å². The molecule has 0 bridgehead atoms. The molecule has 136 valence electrons. The van der Waals surface area contributed by atoms with E-state index in [9.17, 15) is 4.79 Å². The lowest BCUT2D eigenvalue weighted by molar-refractivity contribution is 0.251. The van der Waals surface area contributed by atoms with Crippen molar-refractivity contribution in [2.45, 2.75) is 13.5 Å². The number of urea groups is 1. The molecule has 0 fully saturated rings. The van der Waals surface area contributed by atoms with Crippen LogP contribution in [-0.4, -0.2) is 45.3 Å². The highest BCUT2D eigenvalue weighted by atomic mass is 32.1. The topological polar surface area (TPSA) is 101 Å². The minimum absolute atomic E-state index is 0.295. The number of tetrazole rings is 1. The van der Waals surface area contributed by atoms with Crippen LogP contribution in [0.15, 0.2) is 23.6 Å². The highest BCUT2D eigenvalue weighted by Gasteiger charge is 2.10. The number of benzene rings is 1. The number of aromatic nitrogens is 5. The van der Waals surface area contributed by atoms with Crippen molar-refractivity contribution in [1.29, 1.82) is 0 Å². The summed E-state index contributed by atoms with van der Waals surface area (Å²) in [6, 6.07) is 5.34. The van der Waals surface area contributed by atoms with Crippen molar-refractivity contribution in [3.8, 4) is 11.4 Å². The second-order valence-electron chi connectivity index (χ2n) is 5.96. The lowest BCUT2D eigenvalue weighted by Crippen LogP contribution is -2.28. The molecule has 3 aromatic rings. The Balaban J connectivity index is 1.64. The summed E-state index contributed by atoms with van der Waals surface area (Å²) in [5.74, 6) is 0.509. The van der Waals surface area contributed by atoms with Gasteiger partial charge in [-0.2, -0.15) is 4.80 Å². The Morgan fingerprint density at radius 1 is 1.35 bits per heavy atom. The third kappa shape index (κ3) is 4.14. The molecule has 9 nitrogen and oxygen atoms in total. The van der Waals surface area contributed by atoms with Gasteiger partial charge >= 0.3 is 6.03 Å². The summed E-state index contributed by atoms with van der Waals surface area (Å²) in [4.78, 5) is 20.0. The molecule has 2 N–H and O–H groups in total. The van der Waals surface area contributed by atoms with Gasteiger partial charge in [-0.1, -0.05) is 12.1 Å². The first-order valence-corrected chi connectivity index (χ1v) is 8.82. The normalized spacial score (nSPS) is 10.6. The number of nitrogens with one attached hydrogen (secondary N) is 2. The van der Waals surface area contributed by atoms with E-state index < -0.39 is 0 Å². The smallest absolute Gasteiger partial charge is 0.319 e. The molecule has 0 atom stereocenters. The highest BCUT2D eigenvalue weighted by Crippen LogP contribution is 2.22. The molecule has 1 aromatic carbocycles. The fourth-order valence-electron chi connectivity index (χ4n) is 2.22. The van der Waals surface area contributed by atoms with E-state index in [1.165, 1.54) is 16.1 Å². The fraction of sp³-hybridized carbons (Fsp3) is 0.312. The van der Waals surface area contributed by atoms with Crippen LogP contribution in [0.25, 0.3) is 11.4 Å². The molecule has 0 saturated carbocycles. The van der Waals surface area contributed by atoms with Gasteiger partial charge in [0, 0.05) is 30.7 Å². The summed E-state index contributed by atoms with van der Waals surface area (Å²) >= 11 is 1.54. The van der Waals surface area contributed by atoms with Crippen LogP contribution in [0.2, 0.25) is 0 Å². The minimum Gasteiger partial charge on any atom is -0.354 e. The summed E-state index contributed by atoms with van der Waals surface area (Å²) < 4.78 is 0. The number of nitrogens with zero attached hydrogens (tertiary/aromatic N) is 6. The quantitative estimate of drug-likeness (QED) is 0.711. The Hall–Kier alpha value is -3.01. The van der Waals surface area contributed by atoms with Gasteiger partial charge in [0.25, 0.3) is 0 Å². The van der Waals surface area contributed by atoms with E-state index in [2.05, 4.69) is 31.0 Å². The Labute approximate surface area is 155 Å². The van der Waals surface area contributed by atoms with Gasteiger partial charge in [0.1, 0.15) is 0 Å². The maximum atomic E-state index is 12.2. The summed E-state index contributed by atoms with van der Waals surface area (Å²) in [6.45, 7) is 2.29. The average Bonchev–Trinajstić information content (AvgIpc) is 3.24. The number of thiazole rings is 1. The van der Waals surface area contributed by atoms with Crippen LogP contribution >= 0.6 is 11.3 Å². The third-order valence-corrected chi connectivity index (χ3v) is 4.66. The maximum Gasteiger partial charge on any atom is 0.319 e. The molecule has 0 aliphatic carbocycles. The van der Waals surface area contributed by atoms with E-state index in [1.54, 1.807) is 7.05 Å². The molecule has 0 spiro atoms. The van der Waals surface area contributed by atoms with Crippen molar-refractivity contribution in [3.63, 3.8) is 0 Å². The number of hydrogen-bond donors (Lipinski definition) is 2. The van der Waals surface area contributed by atoms with E-state index in [4.69, 9.17) is 0 Å². The van der Waals surface area contributed by atoms with Gasteiger partial charge in [-0.15, -0.1) is 21.5 Å². The Morgan fingerprint density at radius 2 is 2.15 bits per heavy atom. The van der Waals surface area contributed by atoms with E-state index in [-0.39, 0.29) is 6.03 Å². The Bertz CT molecular complexity index is 917. The first-order valence-electron chi connectivity index (χ1n) is 7.94. The van der Waals surface area contributed by atoms with Crippen molar-refractivity contribution in [1.82, 2.24) is 30.5 Å². The number of carbonyl (C=O) groups excluding carboxylic acids is 1. The molecular formula is C16H20N8OS. The Kier molecular flexibility index (Phi) is 5.12. The lowest BCUT2D eigenvalue weighted by Gasteiger charge is -2.10. The number of hydrogen-bond acceptors (Lipinski definition) is 7. The average molecular weight is 372 g/mol. The molecule has 2 heterocycles. The van der Waals surface area contributed by atoms with Crippen LogP contribution in [-0.2, 0) is 13.6 Å². The largest absolute Gasteiger partial charge is 0.354 e. The third-order valence-electron chi connectivity index (χ3n) is 3.60. The van der Waals surface area contributed by atoms with E-state index in [1.807, 2.05) is 49.5 Å². The van der Waals surface area contributed by atoms with Crippen molar-refractivity contribution < 1.29 is 4.79 Å². The first-order chi connectivity index (χ1) is 12.4. The van der Waals surface area contributed by atoms with Crippen LogP contribution in [0.3, 0.4) is 0 Å². The monoisotopic (exact) mass is 372 g/mol. The number of amides is 2. The van der Waals surface area contributed by atoms with Crippen molar-refractivity contribution in [2.24, 2.45) is 7.05 Å². The predicted molar refractivity (Wildman–Crippen MR) is 101 cm³/mol. The number of aryl methyl sites for hydroxylation is 2. The zero-order valence-corrected chi connectivity index (χ0v) is 15.8. The van der Waals surface area contributed by atoms with Crippen LogP contribution in [0.4, 0.5) is 15.6 Å². The Morgan fingerprint density at radius 3 is 2.81 bits per heavy atom. The van der Waals surface area contributed by atoms with Crippen LogP contribution in [0.5, 0.6) is 0 Å². The van der Waals surface area contributed by atoms with Gasteiger partial charge in [-0.25, -0.2) is 9.78 Å². The zero-order valence-electron chi connectivity index (χ0n) is 15.0. The van der Waals surface area contributed by atoms with Crippen molar-refractivity contribution >= 4 is 28.2 Å². The maximum absolute atomic E-state index is 12.2.